The Bertz CT molecular complexity index is 734. The van der Waals surface area contributed by atoms with E-state index in [2.05, 4.69) is 92.2 Å². The normalized spacial score (nSPS) is 15.8. The third kappa shape index (κ3) is 8.27. The molecular formula is C21H25Br2N3S. The lowest BCUT2D eigenvalue weighted by molar-refractivity contribution is 0.388. The number of hydrogen-bond acceptors (Lipinski definition) is 4. The lowest BCUT2D eigenvalue weighted by Crippen LogP contribution is -2.20. The molecule has 3 nitrogen and oxygen atoms in total. The zero-order valence-corrected chi connectivity index (χ0v) is 19.5. The molecule has 2 aromatic carbocycles. The van der Waals surface area contributed by atoms with Gasteiger partial charge in [0, 0.05) is 33.0 Å². The first-order valence-electron chi connectivity index (χ1n) is 9.15. The van der Waals surface area contributed by atoms with E-state index >= 15 is 0 Å². The number of rotatable bonds is 6. The molecule has 0 aliphatic carbocycles. The fraction of sp³-hybridized carbons (Fsp3) is 0.381. The first-order valence-corrected chi connectivity index (χ1v) is 11.6. The number of hydrogen-bond donors (Lipinski definition) is 1. The summed E-state index contributed by atoms with van der Waals surface area (Å²) in [5.74, 6) is 0. The molecule has 0 spiro atoms. The van der Waals surface area contributed by atoms with Crippen LogP contribution in [0, 0.1) is 11.5 Å². The van der Waals surface area contributed by atoms with Crippen LogP contribution in [0.1, 0.15) is 31.7 Å². The van der Waals surface area contributed by atoms with E-state index in [0.717, 1.165) is 34.9 Å². The molecule has 27 heavy (non-hydrogen) atoms. The Hall–Kier alpha value is -1.00. The predicted molar refractivity (Wildman–Crippen MR) is 121 cm³/mol. The number of nitrogens with zero attached hydrogens (tertiary/aromatic N) is 2. The Morgan fingerprint density at radius 2 is 2.00 bits per heavy atom. The molecule has 3 rings (SSSR count). The fourth-order valence-corrected chi connectivity index (χ4v) is 4.53. The minimum Gasteiger partial charge on any atom is -0.308 e. The summed E-state index contributed by atoms with van der Waals surface area (Å²) in [4.78, 5) is 3.04. The van der Waals surface area contributed by atoms with Crippen LogP contribution in [0.15, 0.2) is 62.4 Å². The van der Waals surface area contributed by atoms with Crippen molar-refractivity contribution in [1.29, 1.82) is 5.26 Å². The van der Waals surface area contributed by atoms with Crippen LogP contribution in [0.3, 0.4) is 0 Å². The van der Waals surface area contributed by atoms with Gasteiger partial charge in [-0.05, 0) is 84.2 Å². The summed E-state index contributed by atoms with van der Waals surface area (Å²) >= 11 is 8.71. The van der Waals surface area contributed by atoms with Crippen molar-refractivity contribution in [3.05, 3.63) is 63.0 Å². The maximum absolute atomic E-state index is 8.41. The number of likely N-dealkylation sites (tertiary alicyclic amines) is 1. The molecule has 1 fully saturated rings. The standard InChI is InChI=1S/C15H15Br2NS.C6H10N2/c16-13-8-9-14(17)15(11-13)19-18-10-4-7-12-5-2-1-3-6-12;1-6-3-2-4-8(6)5-7/h1-3,5-6,8-9,11,18H,4,7,10H2;6H,2-4H2,1H3/t;6-/m.0/s1. The van der Waals surface area contributed by atoms with Gasteiger partial charge in [0.25, 0.3) is 0 Å². The third-order valence-electron chi connectivity index (χ3n) is 4.34. The first-order chi connectivity index (χ1) is 13.1. The monoisotopic (exact) mass is 509 g/mol. The van der Waals surface area contributed by atoms with Crippen LogP contribution in [0.2, 0.25) is 0 Å². The molecule has 0 amide bonds. The summed E-state index contributed by atoms with van der Waals surface area (Å²) < 4.78 is 5.63. The first kappa shape index (κ1) is 22.3. The molecule has 0 radical (unpaired) electrons. The molecule has 0 bridgehead atoms. The number of halogens is 2. The van der Waals surface area contributed by atoms with E-state index in [9.17, 15) is 0 Å². The van der Waals surface area contributed by atoms with Crippen LogP contribution in [0.5, 0.6) is 0 Å². The van der Waals surface area contributed by atoms with E-state index in [1.807, 2.05) is 11.0 Å². The molecule has 0 saturated carbocycles. The van der Waals surface area contributed by atoms with Gasteiger partial charge < -0.3 is 4.90 Å². The van der Waals surface area contributed by atoms with Crippen LogP contribution in [-0.2, 0) is 6.42 Å². The molecule has 1 aliphatic rings. The summed E-state index contributed by atoms with van der Waals surface area (Å²) in [5.41, 5.74) is 1.40. The SMILES string of the molecule is Brc1ccc(Br)c(SNCCCc2ccccc2)c1.C[C@H]1CCCN1C#N. The molecule has 1 atom stereocenters. The third-order valence-corrected chi connectivity index (χ3v) is 6.70. The number of nitrogens with one attached hydrogen (secondary N) is 1. The van der Waals surface area contributed by atoms with E-state index < -0.39 is 0 Å². The van der Waals surface area contributed by atoms with Crippen LogP contribution >= 0.6 is 43.8 Å². The molecule has 2 aromatic rings. The van der Waals surface area contributed by atoms with E-state index in [1.54, 1.807) is 11.9 Å². The van der Waals surface area contributed by atoms with E-state index in [0.29, 0.717) is 6.04 Å². The second kappa shape index (κ2) is 12.5. The smallest absolute Gasteiger partial charge is 0.179 e. The van der Waals surface area contributed by atoms with Crippen molar-refractivity contribution in [2.75, 3.05) is 13.1 Å². The van der Waals surface area contributed by atoms with Crippen molar-refractivity contribution < 1.29 is 0 Å². The second-order valence-electron chi connectivity index (χ2n) is 6.44. The summed E-state index contributed by atoms with van der Waals surface area (Å²) in [6.45, 7) is 4.06. The summed E-state index contributed by atoms with van der Waals surface area (Å²) in [5, 5.41) is 8.41. The number of benzene rings is 2. The van der Waals surface area contributed by atoms with Crippen LogP contribution < -0.4 is 4.72 Å². The maximum atomic E-state index is 8.41. The van der Waals surface area contributed by atoms with Gasteiger partial charge in [0.15, 0.2) is 6.19 Å². The van der Waals surface area contributed by atoms with Crippen molar-refractivity contribution in [1.82, 2.24) is 9.62 Å². The zero-order chi connectivity index (χ0) is 19.5. The van der Waals surface area contributed by atoms with Crippen LogP contribution in [0.25, 0.3) is 0 Å². The molecule has 6 heteroatoms. The van der Waals surface area contributed by atoms with Crippen LogP contribution in [0.4, 0.5) is 0 Å². The number of aryl methyl sites for hydroxylation is 1. The van der Waals surface area contributed by atoms with Gasteiger partial charge in [-0.3, -0.25) is 4.72 Å². The Kier molecular flexibility index (Phi) is 10.3. The molecular weight excluding hydrogens is 486 g/mol. The molecule has 1 aliphatic heterocycles. The summed E-state index contributed by atoms with van der Waals surface area (Å²) in [6, 6.07) is 17.3. The van der Waals surface area contributed by atoms with Crippen molar-refractivity contribution in [2.45, 2.75) is 43.5 Å². The van der Waals surface area contributed by atoms with Gasteiger partial charge in [-0.25, -0.2) is 0 Å². The topological polar surface area (TPSA) is 39.1 Å². The van der Waals surface area contributed by atoms with Gasteiger partial charge in [-0.2, -0.15) is 5.26 Å². The van der Waals surface area contributed by atoms with Crippen molar-refractivity contribution in [3.63, 3.8) is 0 Å². The van der Waals surface area contributed by atoms with Gasteiger partial charge in [0.05, 0.1) is 0 Å². The van der Waals surface area contributed by atoms with Gasteiger partial charge in [-0.15, -0.1) is 0 Å². The van der Waals surface area contributed by atoms with E-state index in [4.69, 9.17) is 5.26 Å². The Labute approximate surface area is 183 Å². The van der Waals surface area contributed by atoms with Crippen molar-refractivity contribution >= 4 is 43.8 Å². The lowest BCUT2D eigenvalue weighted by atomic mass is 10.1. The maximum Gasteiger partial charge on any atom is 0.179 e. The van der Waals surface area contributed by atoms with Crippen LogP contribution in [-0.4, -0.2) is 24.0 Å². The van der Waals surface area contributed by atoms with Gasteiger partial charge in [0.2, 0.25) is 0 Å². The molecule has 1 heterocycles. The Balaban J connectivity index is 0.000000273. The number of nitriles is 1. The average Bonchev–Trinajstić information content (AvgIpc) is 3.10. The molecule has 144 valence electrons. The quantitative estimate of drug-likeness (QED) is 0.277. The Morgan fingerprint density at radius 3 is 2.63 bits per heavy atom. The summed E-state index contributed by atoms with van der Waals surface area (Å²) in [6.07, 6.45) is 6.78. The van der Waals surface area contributed by atoms with E-state index in [-0.39, 0.29) is 0 Å². The van der Waals surface area contributed by atoms with Gasteiger partial charge in [-0.1, -0.05) is 46.3 Å². The average molecular weight is 511 g/mol. The molecule has 0 aromatic heterocycles. The zero-order valence-electron chi connectivity index (χ0n) is 15.5. The highest BCUT2D eigenvalue weighted by Gasteiger charge is 2.17. The largest absolute Gasteiger partial charge is 0.308 e. The van der Waals surface area contributed by atoms with Gasteiger partial charge >= 0.3 is 0 Å². The van der Waals surface area contributed by atoms with Gasteiger partial charge in [0.1, 0.15) is 0 Å². The molecule has 0 unspecified atom stereocenters. The highest BCUT2D eigenvalue weighted by atomic mass is 79.9. The summed E-state index contributed by atoms with van der Waals surface area (Å²) in [7, 11) is 0. The molecule has 1 N–H and O–H groups in total. The highest BCUT2D eigenvalue weighted by Crippen LogP contribution is 2.28. The minimum absolute atomic E-state index is 0.500. The second-order valence-corrected chi connectivity index (χ2v) is 9.15. The molecule has 1 saturated heterocycles. The minimum atomic E-state index is 0.500. The Morgan fingerprint density at radius 1 is 1.22 bits per heavy atom. The van der Waals surface area contributed by atoms with Crippen molar-refractivity contribution in [2.24, 2.45) is 0 Å². The van der Waals surface area contributed by atoms with Crippen molar-refractivity contribution in [3.8, 4) is 6.19 Å². The lowest BCUT2D eigenvalue weighted by Gasteiger charge is -2.10. The predicted octanol–water partition coefficient (Wildman–Crippen LogP) is 6.39. The fourth-order valence-electron chi connectivity index (χ4n) is 2.78. The van der Waals surface area contributed by atoms with E-state index in [1.165, 1.54) is 23.3 Å². The highest BCUT2D eigenvalue weighted by molar-refractivity contribution is 9.11.